The fourth-order valence-corrected chi connectivity index (χ4v) is 1.35. The van der Waals surface area contributed by atoms with Crippen LogP contribution < -0.4 is 0 Å². The highest BCUT2D eigenvalue weighted by Crippen LogP contribution is 2.03. The van der Waals surface area contributed by atoms with E-state index in [0.717, 1.165) is 6.54 Å². The highest BCUT2D eigenvalue weighted by Gasteiger charge is 2.12. The van der Waals surface area contributed by atoms with Crippen molar-refractivity contribution < 1.29 is 13.0 Å². The van der Waals surface area contributed by atoms with Crippen molar-refractivity contribution in [1.29, 1.82) is 0 Å². The van der Waals surface area contributed by atoms with E-state index in [9.17, 15) is 8.42 Å². The van der Waals surface area contributed by atoms with Crippen molar-refractivity contribution in [3.63, 3.8) is 0 Å². The van der Waals surface area contributed by atoms with Crippen molar-refractivity contribution in [1.82, 2.24) is 14.7 Å². The van der Waals surface area contributed by atoms with Gasteiger partial charge in [-0.3, -0.25) is 9.23 Å². The van der Waals surface area contributed by atoms with Gasteiger partial charge in [0.25, 0.3) is 0 Å². The van der Waals surface area contributed by atoms with E-state index in [1.165, 1.54) is 16.9 Å². The molecule has 1 N–H and O–H groups in total. The van der Waals surface area contributed by atoms with Crippen LogP contribution in [0.4, 0.5) is 0 Å². The first kappa shape index (κ1) is 11.2. The molecule has 1 heterocycles. The molecule has 14 heavy (non-hydrogen) atoms. The molecule has 1 aromatic heterocycles. The Kier molecular flexibility index (Phi) is 3.25. The summed E-state index contributed by atoms with van der Waals surface area (Å²) in [5, 5.41) is 3.40. The van der Waals surface area contributed by atoms with Crippen LogP contribution >= 0.6 is 0 Å². The highest BCUT2D eigenvalue weighted by molar-refractivity contribution is 7.85. The lowest BCUT2D eigenvalue weighted by atomic mass is 10.6. The first-order valence-electron chi connectivity index (χ1n) is 4.05. The normalized spacial score (nSPS) is 12.3. The molecule has 0 amide bonds. The van der Waals surface area contributed by atoms with E-state index in [4.69, 9.17) is 4.55 Å². The van der Waals surface area contributed by atoms with Gasteiger partial charge < -0.3 is 4.90 Å². The third kappa shape index (κ3) is 3.09. The summed E-state index contributed by atoms with van der Waals surface area (Å²) >= 11 is 0. The van der Waals surface area contributed by atoms with Gasteiger partial charge in [0, 0.05) is 12.7 Å². The van der Waals surface area contributed by atoms with Crippen molar-refractivity contribution in [2.75, 3.05) is 20.6 Å². The van der Waals surface area contributed by atoms with Gasteiger partial charge in [-0.1, -0.05) is 0 Å². The van der Waals surface area contributed by atoms with E-state index in [0.29, 0.717) is 6.54 Å². The SMILES string of the molecule is CN(C)CCn1ccc(S(=O)(=O)O)n1. The van der Waals surface area contributed by atoms with Crippen molar-refractivity contribution in [3.05, 3.63) is 12.3 Å². The van der Waals surface area contributed by atoms with Crippen molar-refractivity contribution >= 4 is 10.1 Å². The van der Waals surface area contributed by atoms with Crippen LogP contribution in [0.3, 0.4) is 0 Å². The molecule has 0 bridgehead atoms. The lowest BCUT2D eigenvalue weighted by Crippen LogP contribution is -2.18. The van der Waals surface area contributed by atoms with Crippen LogP contribution in [0.25, 0.3) is 0 Å². The van der Waals surface area contributed by atoms with Crippen LogP contribution in [0.5, 0.6) is 0 Å². The maximum absolute atomic E-state index is 10.7. The second-order valence-corrected chi connectivity index (χ2v) is 4.56. The van der Waals surface area contributed by atoms with Crippen LogP contribution in [0.1, 0.15) is 0 Å². The topological polar surface area (TPSA) is 75.4 Å². The Morgan fingerprint density at radius 3 is 2.64 bits per heavy atom. The maximum atomic E-state index is 10.7. The Balaban J connectivity index is 2.70. The summed E-state index contributed by atoms with van der Waals surface area (Å²) in [5.74, 6) is 0. The number of hydrogen-bond acceptors (Lipinski definition) is 4. The molecule has 0 spiro atoms. The van der Waals surface area contributed by atoms with Gasteiger partial charge in [-0.05, 0) is 20.2 Å². The number of hydrogen-bond donors (Lipinski definition) is 1. The zero-order valence-corrected chi connectivity index (χ0v) is 8.90. The molecule has 80 valence electrons. The molecule has 0 aliphatic rings. The molecule has 1 aromatic rings. The lowest BCUT2D eigenvalue weighted by molar-refractivity contribution is 0.370. The third-order valence-corrected chi connectivity index (χ3v) is 2.40. The Morgan fingerprint density at radius 1 is 1.57 bits per heavy atom. The summed E-state index contributed by atoms with van der Waals surface area (Å²) in [5.41, 5.74) is 0. The van der Waals surface area contributed by atoms with Crippen molar-refractivity contribution in [3.8, 4) is 0 Å². The third-order valence-electron chi connectivity index (χ3n) is 1.66. The fourth-order valence-electron chi connectivity index (χ4n) is 0.908. The van der Waals surface area contributed by atoms with Gasteiger partial charge in [-0.15, -0.1) is 0 Å². The average molecular weight is 219 g/mol. The number of rotatable bonds is 4. The van der Waals surface area contributed by atoms with Gasteiger partial charge in [0.2, 0.25) is 5.03 Å². The summed E-state index contributed by atoms with van der Waals surface area (Å²) in [4.78, 5) is 1.95. The molecular formula is C7H13N3O3S. The van der Waals surface area contributed by atoms with E-state index in [1.807, 2.05) is 19.0 Å². The quantitative estimate of drug-likeness (QED) is 0.703. The zero-order valence-electron chi connectivity index (χ0n) is 8.08. The smallest absolute Gasteiger partial charge is 0.308 e. The molecule has 6 nitrogen and oxygen atoms in total. The minimum absolute atomic E-state index is 0.309. The molecule has 0 unspecified atom stereocenters. The van der Waals surface area contributed by atoms with Crippen molar-refractivity contribution in [2.24, 2.45) is 0 Å². The first-order valence-corrected chi connectivity index (χ1v) is 5.49. The van der Waals surface area contributed by atoms with E-state index in [-0.39, 0.29) is 5.03 Å². The lowest BCUT2D eigenvalue weighted by Gasteiger charge is -2.08. The molecule has 0 saturated carbocycles. The van der Waals surface area contributed by atoms with Gasteiger partial charge in [0.1, 0.15) is 0 Å². The summed E-state index contributed by atoms with van der Waals surface area (Å²) < 4.78 is 31.4. The van der Waals surface area contributed by atoms with Gasteiger partial charge in [-0.25, -0.2) is 0 Å². The van der Waals surface area contributed by atoms with Crippen LogP contribution in [-0.4, -0.2) is 48.3 Å². The average Bonchev–Trinajstić information content (AvgIpc) is 2.47. The molecule has 7 heteroatoms. The number of likely N-dealkylation sites (N-methyl/N-ethyl adjacent to an activating group) is 1. The van der Waals surface area contributed by atoms with E-state index < -0.39 is 10.1 Å². The first-order chi connectivity index (χ1) is 6.39. The van der Waals surface area contributed by atoms with Crippen LogP contribution in [-0.2, 0) is 16.7 Å². The van der Waals surface area contributed by atoms with E-state index >= 15 is 0 Å². The maximum Gasteiger partial charge on any atom is 0.313 e. The fraction of sp³-hybridized carbons (Fsp3) is 0.571. The van der Waals surface area contributed by atoms with Crippen LogP contribution in [0.2, 0.25) is 0 Å². The van der Waals surface area contributed by atoms with Crippen LogP contribution in [0.15, 0.2) is 17.3 Å². The zero-order chi connectivity index (χ0) is 10.8. The molecule has 0 radical (unpaired) electrons. The van der Waals surface area contributed by atoms with Crippen LogP contribution in [0, 0.1) is 0 Å². The molecule has 0 fully saturated rings. The molecule has 0 saturated heterocycles. The molecule has 1 rings (SSSR count). The predicted octanol–water partition coefficient (Wildman–Crippen LogP) is -0.309. The summed E-state index contributed by atoms with van der Waals surface area (Å²) in [6.45, 7) is 1.34. The van der Waals surface area contributed by atoms with Gasteiger partial charge in [-0.2, -0.15) is 13.5 Å². The predicted molar refractivity (Wildman–Crippen MR) is 50.6 cm³/mol. The van der Waals surface area contributed by atoms with E-state index in [2.05, 4.69) is 5.10 Å². The molecule has 0 atom stereocenters. The summed E-state index contributed by atoms with van der Waals surface area (Å²) in [6.07, 6.45) is 1.52. The molecule has 0 aliphatic carbocycles. The Hall–Kier alpha value is -0.920. The second kappa shape index (κ2) is 4.07. The Morgan fingerprint density at radius 2 is 2.21 bits per heavy atom. The monoisotopic (exact) mass is 219 g/mol. The van der Waals surface area contributed by atoms with E-state index in [1.54, 1.807) is 0 Å². The molecule has 0 aliphatic heterocycles. The minimum Gasteiger partial charge on any atom is -0.308 e. The summed E-state index contributed by atoms with van der Waals surface area (Å²) in [6, 6.07) is 1.27. The van der Waals surface area contributed by atoms with Gasteiger partial charge >= 0.3 is 10.1 Å². The molecular weight excluding hydrogens is 206 g/mol. The highest BCUT2D eigenvalue weighted by atomic mass is 32.2. The van der Waals surface area contributed by atoms with Gasteiger partial charge in [0.15, 0.2) is 0 Å². The minimum atomic E-state index is -4.17. The molecule has 0 aromatic carbocycles. The second-order valence-electron chi connectivity index (χ2n) is 3.20. The largest absolute Gasteiger partial charge is 0.313 e. The Labute approximate surface area is 82.9 Å². The summed E-state index contributed by atoms with van der Waals surface area (Å²) in [7, 11) is -0.346. The standard InChI is InChI=1S/C7H13N3O3S/c1-9(2)5-6-10-4-3-7(8-10)14(11,12)13/h3-4H,5-6H2,1-2H3,(H,11,12,13). The number of aromatic nitrogens is 2. The number of nitrogens with zero attached hydrogens (tertiary/aromatic N) is 3. The van der Waals surface area contributed by atoms with Crippen molar-refractivity contribution in [2.45, 2.75) is 11.6 Å². The Bertz CT molecular complexity index is 396. The van der Waals surface area contributed by atoms with Gasteiger partial charge in [0.05, 0.1) is 6.54 Å².